The molecule has 0 spiro atoms. The van der Waals surface area contributed by atoms with Crippen LogP contribution in [0.1, 0.15) is 23.6 Å². The highest BCUT2D eigenvalue weighted by Gasteiger charge is 2.14. The smallest absolute Gasteiger partial charge is 0.161 e. The van der Waals surface area contributed by atoms with E-state index in [2.05, 4.69) is 22.9 Å². The molecule has 0 aliphatic heterocycles. The first-order chi connectivity index (χ1) is 15.4. The van der Waals surface area contributed by atoms with Crippen LogP contribution < -0.4 is 15.8 Å². The van der Waals surface area contributed by atoms with Crippen molar-refractivity contribution in [1.29, 1.82) is 0 Å². The molecule has 0 saturated heterocycles. The highest BCUT2D eigenvalue weighted by atomic mass is 16.5. The number of hydrogen-bond acceptors (Lipinski definition) is 5. The quantitative estimate of drug-likeness (QED) is 0.345. The standard InChI is InChI=1S/C27H27N3O2/c1-16(2)23-15-29-24-10-7-19(20-11-17(3)27(31)25(13-20)32-4)12-22(24)26(23)30-21-8-5-18(14-28)6-9-21/h5-13,15,31H,1,14,28H2,2-4H3,(H,29,30). The van der Waals surface area contributed by atoms with Gasteiger partial charge in [-0.25, -0.2) is 0 Å². The normalized spacial score (nSPS) is 10.9. The highest BCUT2D eigenvalue weighted by Crippen LogP contribution is 2.38. The summed E-state index contributed by atoms with van der Waals surface area (Å²) in [5.41, 5.74) is 14.2. The minimum Gasteiger partial charge on any atom is -0.504 e. The third-order valence-corrected chi connectivity index (χ3v) is 5.61. The Bertz CT molecular complexity index is 1310. The van der Waals surface area contributed by atoms with Gasteiger partial charge in [0.2, 0.25) is 0 Å². The number of nitrogens with two attached hydrogens (primary N) is 1. The molecule has 162 valence electrons. The number of ether oxygens (including phenoxy) is 1. The number of fused-ring (bicyclic) bond motifs is 1. The Labute approximate surface area is 188 Å². The van der Waals surface area contributed by atoms with E-state index >= 15 is 0 Å². The highest BCUT2D eigenvalue weighted by molar-refractivity contribution is 6.00. The van der Waals surface area contributed by atoms with E-state index in [0.717, 1.165) is 55.7 Å². The van der Waals surface area contributed by atoms with Crippen molar-refractivity contribution in [1.82, 2.24) is 4.98 Å². The predicted molar refractivity (Wildman–Crippen MR) is 132 cm³/mol. The van der Waals surface area contributed by atoms with Gasteiger partial charge in [0.05, 0.1) is 18.3 Å². The Hall–Kier alpha value is -3.83. The Kier molecular flexibility index (Phi) is 5.84. The second-order valence-corrected chi connectivity index (χ2v) is 7.93. The number of phenolic OH excluding ortho intramolecular Hbond substituents is 1. The van der Waals surface area contributed by atoms with Gasteiger partial charge in [-0.15, -0.1) is 0 Å². The van der Waals surface area contributed by atoms with Gasteiger partial charge in [-0.05, 0) is 78.1 Å². The number of benzene rings is 3. The number of aromatic nitrogens is 1. The Balaban J connectivity index is 1.88. The van der Waals surface area contributed by atoms with Crippen molar-refractivity contribution in [2.75, 3.05) is 12.4 Å². The zero-order valence-corrected chi connectivity index (χ0v) is 18.6. The fourth-order valence-electron chi connectivity index (χ4n) is 3.77. The molecule has 0 bridgehead atoms. The molecule has 0 aliphatic rings. The van der Waals surface area contributed by atoms with Gasteiger partial charge >= 0.3 is 0 Å². The number of rotatable bonds is 6. The molecule has 4 rings (SSSR count). The number of nitrogens with one attached hydrogen (secondary N) is 1. The second kappa shape index (κ2) is 8.73. The van der Waals surface area contributed by atoms with Gasteiger partial charge in [0.15, 0.2) is 11.5 Å². The van der Waals surface area contributed by atoms with E-state index in [1.54, 1.807) is 7.11 Å². The van der Waals surface area contributed by atoms with Crippen LogP contribution in [0, 0.1) is 6.92 Å². The average molecular weight is 426 g/mol. The van der Waals surface area contributed by atoms with Crippen molar-refractivity contribution in [2.24, 2.45) is 5.73 Å². The van der Waals surface area contributed by atoms with Gasteiger partial charge in [-0.3, -0.25) is 4.98 Å². The topological polar surface area (TPSA) is 80.4 Å². The maximum Gasteiger partial charge on any atom is 0.161 e. The second-order valence-electron chi connectivity index (χ2n) is 7.93. The number of pyridine rings is 1. The Morgan fingerprint density at radius 1 is 1.09 bits per heavy atom. The van der Waals surface area contributed by atoms with Gasteiger partial charge in [0.25, 0.3) is 0 Å². The summed E-state index contributed by atoms with van der Waals surface area (Å²) < 4.78 is 5.35. The van der Waals surface area contributed by atoms with Gasteiger partial charge in [-0.1, -0.05) is 24.8 Å². The molecule has 0 unspecified atom stereocenters. The van der Waals surface area contributed by atoms with E-state index in [1.165, 1.54) is 0 Å². The summed E-state index contributed by atoms with van der Waals surface area (Å²) in [4.78, 5) is 4.65. The molecule has 3 aromatic carbocycles. The summed E-state index contributed by atoms with van der Waals surface area (Å²) in [5, 5.41) is 14.8. The van der Waals surface area contributed by atoms with Gasteiger partial charge in [0, 0.05) is 29.4 Å². The summed E-state index contributed by atoms with van der Waals surface area (Å²) in [6.45, 7) is 8.49. The maximum atomic E-state index is 10.2. The number of aryl methyl sites for hydroxylation is 1. The molecule has 0 radical (unpaired) electrons. The number of methoxy groups -OCH3 is 1. The summed E-state index contributed by atoms with van der Waals surface area (Å²) in [7, 11) is 1.56. The predicted octanol–water partition coefficient (Wildman–Crippen LogP) is 6.16. The summed E-state index contributed by atoms with van der Waals surface area (Å²) in [6.07, 6.45) is 1.86. The number of aromatic hydroxyl groups is 1. The minimum absolute atomic E-state index is 0.159. The van der Waals surface area contributed by atoms with Crippen molar-refractivity contribution in [3.05, 3.63) is 84.1 Å². The number of anilines is 2. The van der Waals surface area contributed by atoms with Crippen LogP contribution in [0.3, 0.4) is 0 Å². The van der Waals surface area contributed by atoms with Crippen LogP contribution in [-0.2, 0) is 6.54 Å². The molecular weight excluding hydrogens is 398 g/mol. The van der Waals surface area contributed by atoms with Crippen molar-refractivity contribution in [3.8, 4) is 22.6 Å². The van der Waals surface area contributed by atoms with E-state index < -0.39 is 0 Å². The number of phenols is 1. The molecule has 0 saturated carbocycles. The van der Waals surface area contributed by atoms with Gasteiger partial charge in [-0.2, -0.15) is 0 Å². The lowest BCUT2D eigenvalue weighted by molar-refractivity contribution is 0.372. The molecule has 0 fully saturated rings. The first-order valence-electron chi connectivity index (χ1n) is 10.4. The van der Waals surface area contributed by atoms with E-state index in [1.807, 2.05) is 68.6 Å². The molecule has 0 atom stereocenters. The van der Waals surface area contributed by atoms with E-state index in [9.17, 15) is 5.11 Å². The first kappa shape index (κ1) is 21.4. The summed E-state index contributed by atoms with van der Waals surface area (Å²) in [5.74, 6) is 0.610. The molecule has 32 heavy (non-hydrogen) atoms. The van der Waals surface area contributed by atoms with E-state index in [-0.39, 0.29) is 5.75 Å². The monoisotopic (exact) mass is 425 g/mol. The molecule has 1 aromatic heterocycles. The average Bonchev–Trinajstić information content (AvgIpc) is 2.81. The van der Waals surface area contributed by atoms with Gasteiger partial charge < -0.3 is 20.9 Å². The fraction of sp³-hybridized carbons (Fsp3) is 0.148. The van der Waals surface area contributed by atoms with E-state index in [0.29, 0.717) is 12.3 Å². The van der Waals surface area contributed by atoms with E-state index in [4.69, 9.17) is 10.5 Å². The van der Waals surface area contributed by atoms with Crippen LogP contribution in [0.25, 0.3) is 27.6 Å². The molecule has 0 aliphatic carbocycles. The minimum atomic E-state index is 0.159. The van der Waals surface area contributed by atoms with Crippen molar-refractivity contribution in [2.45, 2.75) is 20.4 Å². The third-order valence-electron chi connectivity index (χ3n) is 5.61. The van der Waals surface area contributed by atoms with Crippen molar-refractivity contribution >= 4 is 27.9 Å². The lowest BCUT2D eigenvalue weighted by Gasteiger charge is -2.16. The molecule has 5 heteroatoms. The van der Waals surface area contributed by atoms with Crippen LogP contribution in [0.15, 0.2) is 67.4 Å². The zero-order valence-electron chi connectivity index (χ0n) is 18.6. The summed E-state index contributed by atoms with van der Waals surface area (Å²) >= 11 is 0. The molecule has 0 amide bonds. The maximum absolute atomic E-state index is 10.2. The van der Waals surface area contributed by atoms with Crippen molar-refractivity contribution < 1.29 is 9.84 Å². The molecule has 1 heterocycles. The molecular formula is C27H27N3O2. The number of nitrogens with zero attached hydrogens (tertiary/aromatic N) is 1. The van der Waals surface area contributed by atoms with Gasteiger partial charge in [0.1, 0.15) is 0 Å². The van der Waals surface area contributed by atoms with Crippen LogP contribution in [0.5, 0.6) is 11.5 Å². The molecule has 5 nitrogen and oxygen atoms in total. The SMILES string of the molecule is C=C(C)c1cnc2ccc(-c3cc(C)c(O)c(OC)c3)cc2c1Nc1ccc(CN)cc1. The van der Waals surface area contributed by atoms with Crippen LogP contribution in [0.4, 0.5) is 11.4 Å². The van der Waals surface area contributed by atoms with Crippen LogP contribution in [0.2, 0.25) is 0 Å². The third kappa shape index (κ3) is 4.03. The first-order valence-corrected chi connectivity index (χ1v) is 10.4. The number of allylic oxidation sites excluding steroid dienone is 1. The Morgan fingerprint density at radius 3 is 2.50 bits per heavy atom. The summed E-state index contributed by atoms with van der Waals surface area (Å²) in [6, 6.07) is 18.0. The molecule has 4 aromatic rings. The molecule has 4 N–H and O–H groups in total. The fourth-order valence-corrected chi connectivity index (χ4v) is 3.77. The van der Waals surface area contributed by atoms with Crippen LogP contribution >= 0.6 is 0 Å². The largest absolute Gasteiger partial charge is 0.504 e. The van der Waals surface area contributed by atoms with Crippen LogP contribution in [-0.4, -0.2) is 17.2 Å². The van der Waals surface area contributed by atoms with Crippen molar-refractivity contribution in [3.63, 3.8) is 0 Å². The number of hydrogen-bond donors (Lipinski definition) is 3. The lowest BCUT2D eigenvalue weighted by atomic mass is 9.98. The zero-order chi connectivity index (χ0) is 22.8. The lowest BCUT2D eigenvalue weighted by Crippen LogP contribution is -1.99. The Morgan fingerprint density at radius 2 is 1.84 bits per heavy atom.